The zero-order valence-electron chi connectivity index (χ0n) is 4.86. The van der Waals surface area contributed by atoms with Crippen LogP contribution in [0.1, 0.15) is 13.3 Å². The highest BCUT2D eigenvalue weighted by Gasteiger charge is 2.19. The Morgan fingerprint density at radius 2 is 2.62 bits per heavy atom. The molecule has 1 aliphatic rings. The summed E-state index contributed by atoms with van der Waals surface area (Å²) in [5.74, 6) is 0.643. The van der Waals surface area contributed by atoms with Crippen molar-refractivity contribution in [1.82, 2.24) is 5.48 Å². The average Bonchev–Trinajstić information content (AvgIpc) is 2.14. The first kappa shape index (κ1) is 6.33. The van der Waals surface area contributed by atoms with Crippen LogP contribution >= 0.6 is 11.6 Å². The second kappa shape index (κ2) is 2.67. The van der Waals surface area contributed by atoms with Crippen LogP contribution in [0.2, 0.25) is 0 Å². The van der Waals surface area contributed by atoms with Crippen LogP contribution in [0.4, 0.5) is 0 Å². The molecule has 0 aromatic carbocycles. The third-order valence-corrected chi connectivity index (χ3v) is 1.61. The van der Waals surface area contributed by atoms with Crippen LogP contribution in [0.5, 0.6) is 0 Å². The molecule has 1 fully saturated rings. The Morgan fingerprint density at radius 3 is 2.88 bits per heavy atom. The number of hydroxylamine groups is 1. The zero-order chi connectivity index (χ0) is 5.98. The minimum Gasteiger partial charge on any atom is -0.298 e. The van der Waals surface area contributed by atoms with E-state index < -0.39 is 0 Å². The number of nitrogens with one attached hydrogen (secondary N) is 1. The minimum absolute atomic E-state index is 0.332. The number of hydrogen-bond donors (Lipinski definition) is 1. The van der Waals surface area contributed by atoms with Gasteiger partial charge >= 0.3 is 0 Å². The van der Waals surface area contributed by atoms with Crippen LogP contribution in [0.3, 0.4) is 0 Å². The van der Waals surface area contributed by atoms with Crippen molar-refractivity contribution in [2.75, 3.05) is 5.88 Å². The van der Waals surface area contributed by atoms with Gasteiger partial charge in [-0.25, -0.2) is 0 Å². The van der Waals surface area contributed by atoms with Gasteiger partial charge in [-0.05, 0) is 13.3 Å². The van der Waals surface area contributed by atoms with Crippen molar-refractivity contribution in [3.05, 3.63) is 0 Å². The second-order valence-electron chi connectivity index (χ2n) is 2.13. The van der Waals surface area contributed by atoms with Crippen LogP contribution in [0.15, 0.2) is 0 Å². The van der Waals surface area contributed by atoms with Crippen molar-refractivity contribution in [2.45, 2.75) is 25.5 Å². The van der Waals surface area contributed by atoms with Gasteiger partial charge in [0.05, 0.1) is 6.10 Å². The van der Waals surface area contributed by atoms with Gasteiger partial charge in [0, 0.05) is 11.9 Å². The maximum atomic E-state index is 5.53. The maximum absolute atomic E-state index is 5.53. The van der Waals surface area contributed by atoms with Gasteiger partial charge in [-0.3, -0.25) is 4.84 Å². The van der Waals surface area contributed by atoms with E-state index in [1.165, 1.54) is 0 Å². The van der Waals surface area contributed by atoms with Gasteiger partial charge in [-0.15, -0.1) is 11.6 Å². The molecule has 0 bridgehead atoms. The summed E-state index contributed by atoms with van der Waals surface area (Å²) in [4.78, 5) is 5.02. The molecule has 1 aliphatic heterocycles. The quantitative estimate of drug-likeness (QED) is 0.540. The molecule has 0 radical (unpaired) electrons. The van der Waals surface area contributed by atoms with E-state index in [9.17, 15) is 0 Å². The van der Waals surface area contributed by atoms with Crippen LogP contribution in [0.25, 0.3) is 0 Å². The van der Waals surface area contributed by atoms with Gasteiger partial charge in [-0.2, -0.15) is 5.48 Å². The third-order valence-electron chi connectivity index (χ3n) is 1.24. The normalized spacial score (nSPS) is 38.2. The fourth-order valence-electron chi connectivity index (χ4n) is 0.804. The van der Waals surface area contributed by atoms with Gasteiger partial charge in [0.25, 0.3) is 0 Å². The van der Waals surface area contributed by atoms with Crippen molar-refractivity contribution in [2.24, 2.45) is 0 Å². The summed E-state index contributed by atoms with van der Waals surface area (Å²) in [6.07, 6.45) is 1.36. The predicted octanol–water partition coefficient (Wildman–Crippen LogP) is 0.907. The van der Waals surface area contributed by atoms with E-state index in [4.69, 9.17) is 16.4 Å². The average molecular weight is 136 g/mol. The summed E-state index contributed by atoms with van der Waals surface area (Å²) in [6.45, 7) is 2.03. The highest BCUT2D eigenvalue weighted by molar-refractivity contribution is 6.18. The molecule has 1 rings (SSSR count). The number of halogens is 1. The minimum atomic E-state index is 0.332. The summed E-state index contributed by atoms with van der Waals surface area (Å²) >= 11 is 5.53. The summed E-state index contributed by atoms with van der Waals surface area (Å²) in [7, 11) is 0. The van der Waals surface area contributed by atoms with Crippen molar-refractivity contribution in [1.29, 1.82) is 0 Å². The second-order valence-corrected chi connectivity index (χ2v) is 2.44. The van der Waals surface area contributed by atoms with Crippen LogP contribution in [-0.2, 0) is 4.84 Å². The highest BCUT2D eigenvalue weighted by atomic mass is 35.5. The van der Waals surface area contributed by atoms with Gasteiger partial charge in [0.1, 0.15) is 0 Å². The molecule has 0 aliphatic carbocycles. The molecular formula is C5H10ClNO. The molecule has 1 saturated heterocycles. The molecule has 2 nitrogen and oxygen atoms in total. The largest absolute Gasteiger partial charge is 0.298 e. The third kappa shape index (κ3) is 1.34. The smallest absolute Gasteiger partial charge is 0.0778 e. The van der Waals surface area contributed by atoms with E-state index in [0.717, 1.165) is 6.42 Å². The molecule has 48 valence electrons. The zero-order valence-corrected chi connectivity index (χ0v) is 5.61. The number of hydrogen-bond acceptors (Lipinski definition) is 2. The first-order chi connectivity index (χ1) is 3.83. The molecule has 0 aromatic heterocycles. The van der Waals surface area contributed by atoms with Crippen molar-refractivity contribution >= 4 is 11.6 Å². The Hall–Kier alpha value is 0.210. The lowest BCUT2D eigenvalue weighted by atomic mass is 10.2. The van der Waals surface area contributed by atoms with Crippen LogP contribution in [-0.4, -0.2) is 18.0 Å². The van der Waals surface area contributed by atoms with Gasteiger partial charge in [0.2, 0.25) is 0 Å². The molecular weight excluding hydrogens is 126 g/mol. The van der Waals surface area contributed by atoms with E-state index in [1.807, 2.05) is 6.92 Å². The van der Waals surface area contributed by atoms with E-state index in [0.29, 0.717) is 18.0 Å². The fourth-order valence-corrected chi connectivity index (χ4v) is 0.993. The predicted molar refractivity (Wildman–Crippen MR) is 32.8 cm³/mol. The topological polar surface area (TPSA) is 21.3 Å². The Kier molecular flexibility index (Phi) is 2.11. The summed E-state index contributed by atoms with van der Waals surface area (Å²) in [5.41, 5.74) is 2.82. The van der Waals surface area contributed by atoms with E-state index in [-0.39, 0.29) is 0 Å². The molecule has 3 heteroatoms. The highest BCUT2D eigenvalue weighted by Crippen LogP contribution is 2.09. The van der Waals surface area contributed by atoms with Crippen molar-refractivity contribution in [3.63, 3.8) is 0 Å². The van der Waals surface area contributed by atoms with Crippen molar-refractivity contribution < 1.29 is 4.84 Å². The summed E-state index contributed by atoms with van der Waals surface area (Å²) < 4.78 is 0. The Bertz CT molecular complexity index is 78.8. The molecule has 0 spiro atoms. The Balaban J connectivity index is 2.22. The fraction of sp³-hybridized carbons (Fsp3) is 1.00. The van der Waals surface area contributed by atoms with E-state index in [2.05, 4.69) is 5.48 Å². The molecule has 0 aromatic rings. The molecule has 2 atom stereocenters. The van der Waals surface area contributed by atoms with E-state index in [1.54, 1.807) is 0 Å². The van der Waals surface area contributed by atoms with Crippen molar-refractivity contribution in [3.8, 4) is 0 Å². The number of alkyl halides is 1. The molecule has 0 saturated carbocycles. The molecule has 0 amide bonds. The monoisotopic (exact) mass is 135 g/mol. The lowest BCUT2D eigenvalue weighted by molar-refractivity contribution is 0.0383. The molecule has 8 heavy (non-hydrogen) atoms. The van der Waals surface area contributed by atoms with Crippen LogP contribution < -0.4 is 5.48 Å². The Labute approximate surface area is 54.1 Å². The summed E-state index contributed by atoms with van der Waals surface area (Å²) in [6, 6.07) is 0.367. The summed E-state index contributed by atoms with van der Waals surface area (Å²) in [5, 5.41) is 0. The van der Waals surface area contributed by atoms with Gasteiger partial charge in [0.15, 0.2) is 0 Å². The number of rotatable bonds is 1. The standard InChI is InChI=1S/C5H10ClNO/c1-4-2-5(3-6)7-8-4/h4-5,7H,2-3H2,1H3. The molecule has 1 heterocycles. The lowest BCUT2D eigenvalue weighted by Crippen LogP contribution is -2.21. The SMILES string of the molecule is CC1CC(CCl)NO1. The Morgan fingerprint density at radius 1 is 1.88 bits per heavy atom. The molecule has 2 unspecified atom stereocenters. The van der Waals surface area contributed by atoms with Gasteiger partial charge < -0.3 is 0 Å². The maximum Gasteiger partial charge on any atom is 0.0778 e. The van der Waals surface area contributed by atoms with Crippen LogP contribution in [0, 0.1) is 0 Å². The first-order valence-electron chi connectivity index (χ1n) is 2.80. The van der Waals surface area contributed by atoms with Gasteiger partial charge in [-0.1, -0.05) is 0 Å². The first-order valence-corrected chi connectivity index (χ1v) is 3.33. The van der Waals surface area contributed by atoms with E-state index >= 15 is 0 Å². The molecule has 1 N–H and O–H groups in total. The lowest BCUT2D eigenvalue weighted by Gasteiger charge is -1.98.